The fraction of sp³-hybridized carbons (Fsp3) is 0.571. The molecule has 0 N–H and O–H groups in total. The molecule has 102 valence electrons. The van der Waals surface area contributed by atoms with Crippen molar-refractivity contribution in [3.63, 3.8) is 0 Å². The average molecular weight is 280 g/mol. The fourth-order valence-electron chi connectivity index (χ4n) is 2.91. The molecule has 1 saturated heterocycles. The second kappa shape index (κ2) is 5.47. The van der Waals surface area contributed by atoms with Crippen molar-refractivity contribution in [2.45, 2.75) is 31.7 Å². The Bertz CT molecular complexity index is 563. The molecule has 4 nitrogen and oxygen atoms in total. The summed E-state index contributed by atoms with van der Waals surface area (Å²) in [5.74, 6) is 1.94. The minimum Gasteiger partial charge on any atom is -0.381 e. The van der Waals surface area contributed by atoms with Gasteiger partial charge in [-0.25, -0.2) is 9.97 Å². The molecule has 1 atom stereocenters. The second-order valence-corrected chi connectivity index (χ2v) is 5.34. The first kappa shape index (κ1) is 12.9. The molecule has 0 spiro atoms. The largest absolute Gasteiger partial charge is 0.381 e. The topological polar surface area (TPSA) is 39.9 Å². The van der Waals surface area contributed by atoms with Gasteiger partial charge in [0.15, 0.2) is 5.65 Å². The zero-order chi connectivity index (χ0) is 13.2. The van der Waals surface area contributed by atoms with E-state index >= 15 is 0 Å². The van der Waals surface area contributed by atoms with Gasteiger partial charge in [-0.05, 0) is 37.8 Å². The Hall–Kier alpha value is -1.13. The maximum atomic E-state index is 6.05. The summed E-state index contributed by atoms with van der Waals surface area (Å²) in [4.78, 5) is 9.06. The lowest BCUT2D eigenvalue weighted by molar-refractivity contribution is 0.0515. The van der Waals surface area contributed by atoms with Crippen molar-refractivity contribution in [3.05, 3.63) is 24.2 Å². The van der Waals surface area contributed by atoms with Crippen LogP contribution in [0.2, 0.25) is 0 Å². The highest BCUT2D eigenvalue weighted by Crippen LogP contribution is 2.31. The van der Waals surface area contributed by atoms with E-state index in [9.17, 15) is 0 Å². The molecule has 2 aromatic heterocycles. The molecule has 2 aromatic rings. The number of hydrogen-bond donors (Lipinski definition) is 0. The van der Waals surface area contributed by atoms with E-state index in [-0.39, 0.29) is 0 Å². The first-order chi connectivity index (χ1) is 9.31. The highest BCUT2D eigenvalue weighted by atomic mass is 35.5. The molecule has 19 heavy (non-hydrogen) atoms. The number of imidazole rings is 1. The summed E-state index contributed by atoms with van der Waals surface area (Å²) in [5.41, 5.74) is 1.87. The van der Waals surface area contributed by atoms with Crippen LogP contribution in [0.5, 0.6) is 0 Å². The second-order valence-electron chi connectivity index (χ2n) is 5.07. The maximum Gasteiger partial charge on any atom is 0.160 e. The van der Waals surface area contributed by atoms with Crippen molar-refractivity contribution in [2.24, 2.45) is 5.92 Å². The lowest BCUT2D eigenvalue weighted by Crippen LogP contribution is -2.25. The third-order valence-corrected chi connectivity index (χ3v) is 4.24. The van der Waals surface area contributed by atoms with Crippen LogP contribution in [0, 0.1) is 5.92 Å². The van der Waals surface area contributed by atoms with Gasteiger partial charge < -0.3 is 9.30 Å². The number of alkyl halides is 1. The number of rotatable bonds is 3. The first-order valence-corrected chi connectivity index (χ1v) is 7.30. The number of pyridine rings is 1. The molecule has 3 heterocycles. The normalized spacial score (nSPS) is 18.8. The highest BCUT2D eigenvalue weighted by Gasteiger charge is 2.25. The summed E-state index contributed by atoms with van der Waals surface area (Å²) in [6.07, 6.45) is 4.00. The van der Waals surface area contributed by atoms with Gasteiger partial charge in [-0.2, -0.15) is 0 Å². The molecule has 0 radical (unpaired) electrons. The van der Waals surface area contributed by atoms with Crippen molar-refractivity contribution < 1.29 is 4.74 Å². The van der Waals surface area contributed by atoms with Crippen LogP contribution in [0.15, 0.2) is 18.3 Å². The van der Waals surface area contributed by atoms with Crippen LogP contribution in [-0.2, 0) is 10.6 Å². The molecular formula is C14H18ClN3O. The maximum absolute atomic E-state index is 6.05. The number of fused-ring (bicyclic) bond motifs is 1. The number of nitrogens with zero attached hydrogens (tertiary/aromatic N) is 3. The summed E-state index contributed by atoms with van der Waals surface area (Å²) < 4.78 is 7.65. The van der Waals surface area contributed by atoms with Crippen LogP contribution in [-0.4, -0.2) is 27.7 Å². The number of hydrogen-bond acceptors (Lipinski definition) is 3. The Morgan fingerprint density at radius 2 is 2.26 bits per heavy atom. The van der Waals surface area contributed by atoms with E-state index in [1.54, 1.807) is 0 Å². The molecule has 0 amide bonds. The van der Waals surface area contributed by atoms with Gasteiger partial charge in [0.05, 0.1) is 5.88 Å². The number of aromatic nitrogens is 3. The molecule has 1 unspecified atom stereocenters. The summed E-state index contributed by atoms with van der Waals surface area (Å²) >= 11 is 6.05. The van der Waals surface area contributed by atoms with Crippen molar-refractivity contribution in [1.82, 2.24) is 14.5 Å². The van der Waals surface area contributed by atoms with Gasteiger partial charge in [0, 0.05) is 25.5 Å². The van der Waals surface area contributed by atoms with Crippen LogP contribution in [0.4, 0.5) is 0 Å². The van der Waals surface area contributed by atoms with Gasteiger partial charge in [0.1, 0.15) is 11.3 Å². The molecule has 1 fully saturated rings. The predicted octanol–water partition coefficient (Wildman–Crippen LogP) is 3.16. The van der Waals surface area contributed by atoms with Crippen LogP contribution in [0.3, 0.4) is 0 Å². The lowest BCUT2D eigenvalue weighted by Gasteiger charge is -2.29. The first-order valence-electron chi connectivity index (χ1n) is 6.77. The van der Waals surface area contributed by atoms with Crippen molar-refractivity contribution in [1.29, 1.82) is 0 Å². The zero-order valence-corrected chi connectivity index (χ0v) is 11.8. The molecule has 0 aliphatic carbocycles. The van der Waals surface area contributed by atoms with E-state index in [1.807, 2.05) is 18.3 Å². The summed E-state index contributed by atoms with van der Waals surface area (Å²) in [6, 6.07) is 4.26. The van der Waals surface area contributed by atoms with Gasteiger partial charge in [0.2, 0.25) is 0 Å². The van der Waals surface area contributed by atoms with E-state index < -0.39 is 0 Å². The van der Waals surface area contributed by atoms with Gasteiger partial charge in [-0.3, -0.25) is 0 Å². The Labute approximate surface area is 117 Å². The van der Waals surface area contributed by atoms with E-state index in [0.717, 1.165) is 43.0 Å². The van der Waals surface area contributed by atoms with Crippen LogP contribution >= 0.6 is 11.6 Å². The lowest BCUT2D eigenvalue weighted by atomic mass is 9.92. The van der Waals surface area contributed by atoms with Crippen molar-refractivity contribution >= 4 is 22.8 Å². The molecule has 1 aliphatic rings. The molecule has 1 aliphatic heterocycles. The monoisotopic (exact) mass is 279 g/mol. The minimum absolute atomic E-state index is 0.359. The van der Waals surface area contributed by atoms with Gasteiger partial charge in [-0.1, -0.05) is 0 Å². The van der Waals surface area contributed by atoms with Crippen molar-refractivity contribution in [2.75, 3.05) is 13.2 Å². The Kier molecular flexibility index (Phi) is 3.71. The molecule has 0 saturated carbocycles. The van der Waals surface area contributed by atoms with Gasteiger partial charge in [0.25, 0.3) is 0 Å². The molecule has 0 aromatic carbocycles. The highest BCUT2D eigenvalue weighted by molar-refractivity contribution is 6.16. The SMILES string of the molecule is CC(C1CCOCC1)n1c(CCl)nc2cccnc21. The smallest absolute Gasteiger partial charge is 0.160 e. The standard InChI is InChI=1S/C14H18ClN3O/c1-10(11-4-7-19-8-5-11)18-13(9-15)17-12-3-2-6-16-14(12)18/h2-3,6,10-11H,4-5,7-9H2,1H3. The third-order valence-electron chi connectivity index (χ3n) is 4.00. The Morgan fingerprint density at radius 3 is 3.00 bits per heavy atom. The van der Waals surface area contributed by atoms with E-state index in [0.29, 0.717) is 17.8 Å². The quantitative estimate of drug-likeness (QED) is 0.810. The fourth-order valence-corrected chi connectivity index (χ4v) is 3.10. The van der Waals surface area contributed by atoms with Crippen molar-refractivity contribution in [3.8, 4) is 0 Å². The summed E-state index contributed by atoms with van der Waals surface area (Å²) in [7, 11) is 0. The molecule has 0 bridgehead atoms. The zero-order valence-electron chi connectivity index (χ0n) is 11.1. The molecule has 5 heteroatoms. The van der Waals surface area contributed by atoms with E-state index in [2.05, 4.69) is 21.5 Å². The minimum atomic E-state index is 0.359. The summed E-state index contributed by atoms with van der Waals surface area (Å²) in [5, 5.41) is 0. The van der Waals surface area contributed by atoms with Crippen LogP contribution in [0.1, 0.15) is 31.6 Å². The average Bonchev–Trinajstić information content (AvgIpc) is 2.86. The summed E-state index contributed by atoms with van der Waals surface area (Å²) in [6.45, 7) is 3.94. The number of halogens is 1. The number of ether oxygens (including phenoxy) is 1. The van der Waals surface area contributed by atoms with Gasteiger partial charge >= 0.3 is 0 Å². The Balaban J connectivity index is 2.02. The van der Waals surface area contributed by atoms with E-state index in [1.165, 1.54) is 0 Å². The van der Waals surface area contributed by atoms with Crippen LogP contribution < -0.4 is 0 Å². The Morgan fingerprint density at radius 1 is 1.47 bits per heavy atom. The molecule has 3 rings (SSSR count). The molecular weight excluding hydrogens is 262 g/mol. The third kappa shape index (κ3) is 2.35. The van der Waals surface area contributed by atoms with E-state index in [4.69, 9.17) is 16.3 Å². The predicted molar refractivity (Wildman–Crippen MR) is 75.3 cm³/mol. The van der Waals surface area contributed by atoms with Gasteiger partial charge in [-0.15, -0.1) is 11.6 Å². The van der Waals surface area contributed by atoms with Crippen LogP contribution in [0.25, 0.3) is 11.2 Å².